The first-order valence-electron chi connectivity index (χ1n) is 5.93. The van der Waals surface area contributed by atoms with Crippen LogP contribution in [0.25, 0.3) is 0 Å². The van der Waals surface area contributed by atoms with E-state index in [1.54, 1.807) is 7.05 Å². The van der Waals surface area contributed by atoms with Crippen molar-refractivity contribution in [3.63, 3.8) is 0 Å². The lowest BCUT2D eigenvalue weighted by molar-refractivity contribution is -0.126. The predicted molar refractivity (Wildman–Crippen MR) is 61.2 cm³/mol. The molecule has 1 spiro atoms. The van der Waals surface area contributed by atoms with Crippen LogP contribution >= 0.6 is 0 Å². The van der Waals surface area contributed by atoms with Crippen molar-refractivity contribution in [1.29, 1.82) is 0 Å². The van der Waals surface area contributed by atoms with Gasteiger partial charge in [-0.3, -0.25) is 15.1 Å². The topological polar surface area (TPSA) is 56.7 Å². The lowest BCUT2D eigenvalue weighted by Crippen LogP contribution is -2.58. The van der Waals surface area contributed by atoms with Crippen LogP contribution in [0.5, 0.6) is 0 Å². The van der Waals surface area contributed by atoms with E-state index in [9.17, 15) is 4.79 Å². The smallest absolute Gasteiger partial charge is 0.252 e. The number of amides is 1. The average molecular weight is 222 g/mol. The van der Waals surface area contributed by atoms with Gasteiger partial charge >= 0.3 is 0 Å². The Morgan fingerprint density at radius 1 is 1.38 bits per heavy atom. The van der Waals surface area contributed by atoms with Crippen molar-refractivity contribution in [3.8, 4) is 0 Å². The minimum absolute atomic E-state index is 0.109. The number of piperidine rings is 1. The normalized spacial score (nSPS) is 45.1. The number of fused-ring (bicyclic) bond motifs is 2. The molecular formula is C11H18N4O. The van der Waals surface area contributed by atoms with Gasteiger partial charge in [0.25, 0.3) is 5.91 Å². The molecule has 0 saturated carbocycles. The van der Waals surface area contributed by atoms with Crippen LogP contribution < -0.4 is 10.6 Å². The molecule has 3 heterocycles. The summed E-state index contributed by atoms with van der Waals surface area (Å²) in [6.45, 7) is 0. The van der Waals surface area contributed by atoms with Crippen LogP contribution in [0, 0.1) is 0 Å². The van der Waals surface area contributed by atoms with Gasteiger partial charge in [-0.25, -0.2) is 0 Å². The third-order valence-corrected chi connectivity index (χ3v) is 4.40. The van der Waals surface area contributed by atoms with Gasteiger partial charge in [0.2, 0.25) is 0 Å². The summed E-state index contributed by atoms with van der Waals surface area (Å²) in [4.78, 5) is 18.5. The molecule has 3 saturated heterocycles. The Hall–Kier alpha value is -1.10. The average Bonchev–Trinajstić information content (AvgIpc) is 2.66. The molecule has 3 rings (SSSR count). The van der Waals surface area contributed by atoms with Gasteiger partial charge in [0, 0.05) is 19.1 Å². The summed E-state index contributed by atoms with van der Waals surface area (Å²) in [6, 6.07) is 1.10. The summed E-state index contributed by atoms with van der Waals surface area (Å²) < 4.78 is 0. The van der Waals surface area contributed by atoms with E-state index in [0.29, 0.717) is 18.0 Å². The largest absolute Gasteiger partial charge is 0.342 e. The Bertz CT molecular complexity index is 351. The van der Waals surface area contributed by atoms with E-state index in [-0.39, 0.29) is 11.4 Å². The maximum Gasteiger partial charge on any atom is 0.252 e. The van der Waals surface area contributed by atoms with E-state index in [0.717, 1.165) is 12.8 Å². The summed E-state index contributed by atoms with van der Waals surface area (Å²) in [5, 5.41) is 6.12. The monoisotopic (exact) mass is 222 g/mol. The Morgan fingerprint density at radius 3 is 2.50 bits per heavy atom. The zero-order chi connectivity index (χ0) is 11.3. The molecule has 5 heteroatoms. The van der Waals surface area contributed by atoms with Gasteiger partial charge in [0.05, 0.1) is 0 Å². The van der Waals surface area contributed by atoms with Crippen molar-refractivity contribution in [3.05, 3.63) is 0 Å². The Kier molecular flexibility index (Phi) is 2.01. The first-order chi connectivity index (χ1) is 7.64. The van der Waals surface area contributed by atoms with Crippen molar-refractivity contribution in [1.82, 2.24) is 15.5 Å². The van der Waals surface area contributed by atoms with Crippen LogP contribution in [0.2, 0.25) is 0 Å². The van der Waals surface area contributed by atoms with Crippen LogP contribution in [-0.4, -0.2) is 48.5 Å². The van der Waals surface area contributed by atoms with E-state index in [1.165, 1.54) is 12.8 Å². The second kappa shape index (κ2) is 3.20. The molecule has 0 aromatic rings. The molecule has 88 valence electrons. The molecule has 0 aliphatic carbocycles. The highest BCUT2D eigenvalue weighted by atomic mass is 16.2. The first kappa shape index (κ1) is 10.1. The van der Waals surface area contributed by atoms with Crippen molar-refractivity contribution in [2.24, 2.45) is 4.99 Å². The van der Waals surface area contributed by atoms with Crippen molar-refractivity contribution >= 4 is 11.9 Å². The third-order valence-electron chi connectivity index (χ3n) is 4.40. The van der Waals surface area contributed by atoms with E-state index >= 15 is 0 Å². The van der Waals surface area contributed by atoms with Gasteiger partial charge in [0.15, 0.2) is 5.96 Å². The highest BCUT2D eigenvalue weighted by molar-refractivity contribution is 6.09. The fourth-order valence-corrected chi connectivity index (χ4v) is 3.41. The minimum Gasteiger partial charge on any atom is -0.342 e. The van der Waals surface area contributed by atoms with Gasteiger partial charge in [-0.1, -0.05) is 0 Å². The summed E-state index contributed by atoms with van der Waals surface area (Å²) in [7, 11) is 3.88. The standard InChI is InChI=1S/C11H18N4O/c1-12-10-13-9(16)11(14-10)5-7-3-4-8(6-11)15(7)2/h7-8H,3-6H2,1-2H3,(H2,12,13,14,16). The zero-order valence-corrected chi connectivity index (χ0v) is 9.79. The maximum atomic E-state index is 12.1. The molecule has 0 aromatic carbocycles. The SMILES string of the molecule is CN=C1NC(=O)C2(CC3CCC(C2)N3C)N1. The Balaban J connectivity index is 1.89. The number of nitrogens with one attached hydrogen (secondary N) is 2. The van der Waals surface area contributed by atoms with Crippen LogP contribution in [0.1, 0.15) is 25.7 Å². The lowest BCUT2D eigenvalue weighted by atomic mass is 9.83. The quantitative estimate of drug-likeness (QED) is 0.591. The number of hydrogen-bond donors (Lipinski definition) is 2. The predicted octanol–water partition coefficient (Wildman–Crippen LogP) is -0.313. The molecule has 16 heavy (non-hydrogen) atoms. The van der Waals surface area contributed by atoms with E-state index < -0.39 is 0 Å². The highest BCUT2D eigenvalue weighted by Gasteiger charge is 2.54. The molecule has 5 nitrogen and oxygen atoms in total. The van der Waals surface area contributed by atoms with E-state index in [4.69, 9.17) is 0 Å². The number of carbonyl (C=O) groups is 1. The zero-order valence-electron chi connectivity index (χ0n) is 9.79. The van der Waals surface area contributed by atoms with E-state index in [1.807, 2.05) is 0 Å². The number of hydrogen-bond acceptors (Lipinski definition) is 3. The summed E-state index contributed by atoms with van der Waals surface area (Å²) >= 11 is 0. The molecule has 3 aliphatic heterocycles. The second-order valence-corrected chi connectivity index (χ2v) is 5.19. The van der Waals surface area contributed by atoms with Gasteiger partial charge in [-0.2, -0.15) is 0 Å². The van der Waals surface area contributed by atoms with Crippen LogP contribution in [0.15, 0.2) is 4.99 Å². The summed E-state index contributed by atoms with van der Waals surface area (Å²) in [5.74, 6) is 0.743. The molecule has 1 amide bonds. The lowest BCUT2D eigenvalue weighted by Gasteiger charge is -2.41. The van der Waals surface area contributed by atoms with Crippen LogP contribution in [0.3, 0.4) is 0 Å². The third kappa shape index (κ3) is 1.21. The van der Waals surface area contributed by atoms with Crippen LogP contribution in [-0.2, 0) is 4.79 Å². The van der Waals surface area contributed by atoms with Gasteiger partial charge in [0.1, 0.15) is 5.54 Å². The molecule has 3 aliphatic rings. The second-order valence-electron chi connectivity index (χ2n) is 5.19. The maximum absolute atomic E-state index is 12.1. The van der Waals surface area contributed by atoms with Crippen molar-refractivity contribution < 1.29 is 4.79 Å². The number of guanidine groups is 1. The summed E-state index contributed by atoms with van der Waals surface area (Å²) in [5.41, 5.74) is -0.382. The van der Waals surface area contributed by atoms with E-state index in [2.05, 4.69) is 27.6 Å². The Morgan fingerprint density at radius 2 is 2.00 bits per heavy atom. The Labute approximate surface area is 95.3 Å². The van der Waals surface area contributed by atoms with Gasteiger partial charge < -0.3 is 10.2 Å². The number of carbonyl (C=O) groups excluding carboxylic acids is 1. The molecule has 3 fully saturated rings. The molecule has 2 atom stereocenters. The number of rotatable bonds is 0. The molecule has 0 aromatic heterocycles. The van der Waals surface area contributed by atoms with Crippen molar-refractivity contribution in [2.75, 3.05) is 14.1 Å². The highest BCUT2D eigenvalue weighted by Crippen LogP contribution is 2.40. The molecule has 0 radical (unpaired) electrons. The summed E-state index contributed by atoms with van der Waals surface area (Å²) in [6.07, 6.45) is 4.25. The van der Waals surface area contributed by atoms with Crippen LogP contribution in [0.4, 0.5) is 0 Å². The molecule has 2 unspecified atom stereocenters. The fraction of sp³-hybridized carbons (Fsp3) is 0.818. The number of aliphatic imine (C=N–C) groups is 1. The molecule has 2 N–H and O–H groups in total. The van der Waals surface area contributed by atoms with Gasteiger partial charge in [-0.15, -0.1) is 0 Å². The number of nitrogens with zero attached hydrogens (tertiary/aromatic N) is 2. The first-order valence-corrected chi connectivity index (χ1v) is 5.93. The van der Waals surface area contributed by atoms with Crippen molar-refractivity contribution in [2.45, 2.75) is 43.3 Å². The van der Waals surface area contributed by atoms with Gasteiger partial charge in [-0.05, 0) is 32.7 Å². The fourth-order valence-electron chi connectivity index (χ4n) is 3.41. The molecule has 2 bridgehead atoms. The molecular weight excluding hydrogens is 204 g/mol. The minimum atomic E-state index is -0.382.